The number of nitrogens with zero attached hydrogens (tertiary/aromatic N) is 2. The number of carbonyl (C=O) groups is 1. The highest BCUT2D eigenvalue weighted by molar-refractivity contribution is 6.10. The predicted octanol–water partition coefficient (Wildman–Crippen LogP) is 5.28. The Kier molecular flexibility index (Phi) is 7.33. The summed E-state index contributed by atoms with van der Waals surface area (Å²) in [7, 11) is 0. The summed E-state index contributed by atoms with van der Waals surface area (Å²) in [4.78, 5) is 22.9. The molecule has 0 aliphatic carbocycles. The van der Waals surface area contributed by atoms with E-state index in [0.29, 0.717) is 17.0 Å². The first-order chi connectivity index (χ1) is 15.5. The lowest BCUT2D eigenvalue weighted by Crippen LogP contribution is -2.14. The molecule has 7 heteroatoms. The Morgan fingerprint density at radius 3 is 2.56 bits per heavy atom. The van der Waals surface area contributed by atoms with Crippen molar-refractivity contribution in [3.63, 3.8) is 0 Å². The first-order valence-corrected chi connectivity index (χ1v) is 9.97. The topological polar surface area (TPSA) is 105 Å². The van der Waals surface area contributed by atoms with Gasteiger partial charge in [-0.3, -0.25) is 14.9 Å². The van der Waals surface area contributed by atoms with Gasteiger partial charge in [0.2, 0.25) is 0 Å². The number of hydrogen-bond acceptors (Lipinski definition) is 5. The molecule has 0 aliphatic rings. The third kappa shape index (κ3) is 5.80. The largest absolute Gasteiger partial charge is 0.489 e. The highest BCUT2D eigenvalue weighted by Gasteiger charge is 2.11. The molecule has 0 aliphatic heterocycles. The fraction of sp³-hybridized carbons (Fsp3) is 0.120. The van der Waals surface area contributed by atoms with Crippen LogP contribution in [0.4, 0.5) is 11.4 Å². The number of rotatable bonds is 8. The Morgan fingerprint density at radius 1 is 1.12 bits per heavy atom. The van der Waals surface area contributed by atoms with Crippen LogP contribution in [0.3, 0.4) is 0 Å². The summed E-state index contributed by atoms with van der Waals surface area (Å²) in [6.07, 6.45) is 2.26. The Hall–Kier alpha value is -4.44. The maximum absolute atomic E-state index is 12.6. The van der Waals surface area contributed by atoms with E-state index in [4.69, 9.17) is 4.74 Å². The van der Waals surface area contributed by atoms with Gasteiger partial charge in [-0.1, -0.05) is 37.3 Å². The van der Waals surface area contributed by atoms with E-state index in [2.05, 4.69) is 5.32 Å². The molecule has 0 spiro atoms. The van der Waals surface area contributed by atoms with Gasteiger partial charge < -0.3 is 10.1 Å². The van der Waals surface area contributed by atoms with E-state index in [1.807, 2.05) is 31.2 Å². The molecule has 7 nitrogen and oxygen atoms in total. The van der Waals surface area contributed by atoms with Crippen LogP contribution in [-0.4, -0.2) is 10.8 Å². The van der Waals surface area contributed by atoms with Gasteiger partial charge in [0.1, 0.15) is 24.0 Å². The van der Waals surface area contributed by atoms with Crippen molar-refractivity contribution in [3.05, 3.63) is 105 Å². The Balaban J connectivity index is 1.70. The van der Waals surface area contributed by atoms with Gasteiger partial charge in [0.15, 0.2) is 0 Å². The number of nitrogens with one attached hydrogen (secondary N) is 1. The summed E-state index contributed by atoms with van der Waals surface area (Å²) in [6, 6.07) is 22.5. The lowest BCUT2D eigenvalue weighted by atomic mass is 10.1. The van der Waals surface area contributed by atoms with Crippen molar-refractivity contribution in [1.82, 2.24) is 0 Å². The van der Waals surface area contributed by atoms with Crippen LogP contribution in [-0.2, 0) is 17.8 Å². The van der Waals surface area contributed by atoms with Crippen LogP contribution in [0.2, 0.25) is 0 Å². The fourth-order valence-corrected chi connectivity index (χ4v) is 3.03. The number of non-ortho nitro benzene ring substituents is 1. The molecule has 0 unspecified atom stereocenters. The molecule has 0 fully saturated rings. The zero-order chi connectivity index (χ0) is 22.9. The zero-order valence-corrected chi connectivity index (χ0v) is 17.4. The second-order valence-corrected chi connectivity index (χ2v) is 6.92. The number of nitro groups is 1. The fourth-order valence-electron chi connectivity index (χ4n) is 3.03. The molecule has 3 aromatic rings. The average Bonchev–Trinajstić information content (AvgIpc) is 2.82. The molecule has 0 saturated heterocycles. The Bertz CT molecular complexity index is 1190. The van der Waals surface area contributed by atoms with Crippen molar-refractivity contribution in [3.8, 4) is 11.8 Å². The molecule has 1 amide bonds. The second-order valence-electron chi connectivity index (χ2n) is 6.92. The molecule has 0 aromatic heterocycles. The normalized spacial score (nSPS) is 10.8. The summed E-state index contributed by atoms with van der Waals surface area (Å²) in [5, 5.41) is 23.0. The van der Waals surface area contributed by atoms with Crippen LogP contribution >= 0.6 is 0 Å². The smallest absolute Gasteiger partial charge is 0.269 e. The van der Waals surface area contributed by atoms with Crippen LogP contribution in [0, 0.1) is 21.4 Å². The summed E-state index contributed by atoms with van der Waals surface area (Å²) < 4.78 is 5.75. The van der Waals surface area contributed by atoms with Crippen molar-refractivity contribution in [2.75, 3.05) is 5.32 Å². The number of nitro benzene ring substituents is 1. The molecule has 3 aromatic carbocycles. The number of hydrogen-bond donors (Lipinski definition) is 1. The van der Waals surface area contributed by atoms with Crippen LogP contribution in [0.25, 0.3) is 6.08 Å². The van der Waals surface area contributed by atoms with Gasteiger partial charge in [-0.25, -0.2) is 0 Å². The maximum Gasteiger partial charge on any atom is 0.269 e. The van der Waals surface area contributed by atoms with E-state index >= 15 is 0 Å². The molecule has 32 heavy (non-hydrogen) atoms. The minimum Gasteiger partial charge on any atom is -0.489 e. The van der Waals surface area contributed by atoms with Gasteiger partial charge in [0.25, 0.3) is 11.6 Å². The molecule has 0 atom stereocenters. The van der Waals surface area contributed by atoms with E-state index in [1.165, 1.54) is 18.2 Å². The SMILES string of the molecule is CCc1ccccc1NC(=O)/C(C#N)=C\c1cccc(OCc2ccc([N+](=O)[O-])cc2)c1. The molecular formula is C25H21N3O4. The number of para-hydroxylation sites is 1. The van der Waals surface area contributed by atoms with E-state index in [0.717, 1.165) is 17.5 Å². The van der Waals surface area contributed by atoms with Crippen LogP contribution in [0.15, 0.2) is 78.4 Å². The highest BCUT2D eigenvalue weighted by atomic mass is 16.6. The van der Waals surface area contributed by atoms with E-state index < -0.39 is 10.8 Å². The zero-order valence-electron chi connectivity index (χ0n) is 17.4. The van der Waals surface area contributed by atoms with Crippen LogP contribution in [0.5, 0.6) is 5.75 Å². The molecule has 0 bridgehead atoms. The van der Waals surface area contributed by atoms with Gasteiger partial charge in [-0.2, -0.15) is 5.26 Å². The minimum atomic E-state index is -0.481. The number of benzene rings is 3. The standard InChI is InChI=1S/C25H21N3O4/c1-2-20-7-3-4-9-24(20)27-25(29)21(16-26)14-19-6-5-8-23(15-19)32-17-18-10-12-22(13-11-18)28(30)31/h3-15H,2,17H2,1H3,(H,27,29)/b21-14-. The van der Waals surface area contributed by atoms with E-state index in [1.54, 1.807) is 42.5 Å². The Morgan fingerprint density at radius 2 is 1.88 bits per heavy atom. The predicted molar refractivity (Wildman–Crippen MR) is 122 cm³/mol. The quantitative estimate of drug-likeness (QED) is 0.228. The van der Waals surface area contributed by atoms with Crippen LogP contribution in [0.1, 0.15) is 23.6 Å². The summed E-state index contributed by atoms with van der Waals surface area (Å²) in [5.41, 5.74) is 3.08. The first-order valence-electron chi connectivity index (χ1n) is 9.97. The third-order valence-electron chi connectivity index (χ3n) is 4.73. The number of nitriles is 1. The van der Waals surface area contributed by atoms with Crippen molar-refractivity contribution in [1.29, 1.82) is 5.26 Å². The third-order valence-corrected chi connectivity index (χ3v) is 4.73. The minimum absolute atomic E-state index is 0.0183. The lowest BCUT2D eigenvalue weighted by molar-refractivity contribution is -0.384. The molecule has 3 rings (SSSR count). The first kappa shape index (κ1) is 22.2. The Labute approximate surface area is 185 Å². The molecule has 0 heterocycles. The van der Waals surface area contributed by atoms with Gasteiger partial charge >= 0.3 is 0 Å². The van der Waals surface area contributed by atoms with Gasteiger partial charge in [0, 0.05) is 17.8 Å². The van der Waals surface area contributed by atoms with Gasteiger partial charge in [0.05, 0.1) is 4.92 Å². The van der Waals surface area contributed by atoms with E-state index in [-0.39, 0.29) is 17.9 Å². The van der Waals surface area contributed by atoms with Crippen molar-refractivity contribution in [2.24, 2.45) is 0 Å². The highest BCUT2D eigenvalue weighted by Crippen LogP contribution is 2.20. The summed E-state index contributed by atoms with van der Waals surface area (Å²) in [5.74, 6) is 0.0664. The number of amides is 1. The average molecular weight is 427 g/mol. The van der Waals surface area contributed by atoms with Crippen molar-refractivity contribution >= 4 is 23.4 Å². The molecule has 0 saturated carbocycles. The van der Waals surface area contributed by atoms with Gasteiger partial charge in [-0.05, 0) is 59.5 Å². The molecule has 0 radical (unpaired) electrons. The monoisotopic (exact) mass is 427 g/mol. The molecule has 160 valence electrons. The number of aryl methyl sites for hydroxylation is 1. The van der Waals surface area contributed by atoms with Crippen molar-refractivity contribution < 1.29 is 14.5 Å². The summed E-state index contributed by atoms with van der Waals surface area (Å²) >= 11 is 0. The van der Waals surface area contributed by atoms with Crippen LogP contribution < -0.4 is 10.1 Å². The maximum atomic E-state index is 12.6. The molecule has 1 N–H and O–H groups in total. The van der Waals surface area contributed by atoms with Gasteiger partial charge in [-0.15, -0.1) is 0 Å². The molecular weight excluding hydrogens is 406 g/mol. The van der Waals surface area contributed by atoms with Crippen molar-refractivity contribution in [2.45, 2.75) is 20.0 Å². The number of ether oxygens (including phenoxy) is 1. The number of carbonyl (C=O) groups excluding carboxylic acids is 1. The summed E-state index contributed by atoms with van der Waals surface area (Å²) in [6.45, 7) is 2.22. The second kappa shape index (κ2) is 10.5. The lowest BCUT2D eigenvalue weighted by Gasteiger charge is -2.09. The van der Waals surface area contributed by atoms with E-state index in [9.17, 15) is 20.2 Å². The number of anilines is 1.